The number of aldehydes is 1. The minimum atomic E-state index is -0.523. The predicted molar refractivity (Wildman–Crippen MR) is 126 cm³/mol. The molecule has 0 aliphatic rings. The first-order valence-electron chi connectivity index (χ1n) is 10.8. The van der Waals surface area contributed by atoms with Crippen LogP contribution >= 0.6 is 0 Å². The fourth-order valence-corrected chi connectivity index (χ4v) is 3.39. The molecule has 0 amide bonds. The molecule has 0 aliphatic carbocycles. The van der Waals surface area contributed by atoms with Gasteiger partial charge in [-0.2, -0.15) is 0 Å². The summed E-state index contributed by atoms with van der Waals surface area (Å²) in [5.41, 5.74) is 3.13. The molecule has 3 aromatic rings. The lowest BCUT2D eigenvalue weighted by atomic mass is 9.99. The Bertz CT molecular complexity index is 912. The van der Waals surface area contributed by atoms with Crippen LogP contribution in [0.3, 0.4) is 0 Å². The van der Waals surface area contributed by atoms with Gasteiger partial charge in [-0.3, -0.25) is 0 Å². The van der Waals surface area contributed by atoms with Gasteiger partial charge in [-0.05, 0) is 16.7 Å². The Labute approximate surface area is 190 Å². The molecule has 3 rings (SSSR count). The number of carbonyl (C=O) groups is 1. The molecule has 4 nitrogen and oxygen atoms in total. The summed E-state index contributed by atoms with van der Waals surface area (Å²) < 4.78 is 18.2. The van der Waals surface area contributed by atoms with Gasteiger partial charge in [0.05, 0.1) is 38.4 Å². The zero-order valence-corrected chi connectivity index (χ0v) is 18.2. The minimum absolute atomic E-state index is 0.233. The normalized spacial score (nSPS) is 13.8. The zero-order valence-electron chi connectivity index (χ0n) is 18.2. The number of carbonyl (C=O) groups excluding carboxylic acids is 1. The Morgan fingerprint density at radius 2 is 1.16 bits per heavy atom. The molecule has 3 aromatic carbocycles. The van der Waals surface area contributed by atoms with Gasteiger partial charge in [-0.25, -0.2) is 0 Å². The second-order valence-electron chi connectivity index (χ2n) is 7.56. The van der Waals surface area contributed by atoms with Gasteiger partial charge in [-0.1, -0.05) is 97.1 Å². The average molecular weight is 431 g/mol. The highest BCUT2D eigenvalue weighted by atomic mass is 16.5. The Balaban J connectivity index is 1.67. The van der Waals surface area contributed by atoms with Gasteiger partial charge in [0, 0.05) is 0 Å². The van der Waals surface area contributed by atoms with Crippen molar-refractivity contribution in [1.82, 2.24) is 0 Å². The molecule has 166 valence electrons. The van der Waals surface area contributed by atoms with Gasteiger partial charge in [0.15, 0.2) is 0 Å². The van der Waals surface area contributed by atoms with Crippen LogP contribution in [-0.2, 0) is 38.8 Å². The molecule has 0 saturated heterocycles. The van der Waals surface area contributed by atoms with E-state index in [2.05, 4.69) is 6.58 Å². The van der Waals surface area contributed by atoms with Crippen LogP contribution in [0.5, 0.6) is 0 Å². The third kappa shape index (κ3) is 7.57. The summed E-state index contributed by atoms with van der Waals surface area (Å²) in [6, 6.07) is 29.7. The van der Waals surface area contributed by atoms with E-state index in [0.29, 0.717) is 19.8 Å². The molecular formula is C28H30O4. The predicted octanol–water partition coefficient (Wildman–Crippen LogP) is 5.38. The van der Waals surface area contributed by atoms with Crippen LogP contribution in [0.2, 0.25) is 0 Å². The SMILES string of the molecule is C=C[C@@H](OCc1ccccc1)[C@H](OCc1ccccc1)[C@H](C=O)COCc1ccccc1. The van der Waals surface area contributed by atoms with E-state index in [9.17, 15) is 4.79 Å². The molecule has 0 saturated carbocycles. The topological polar surface area (TPSA) is 44.8 Å². The molecular weight excluding hydrogens is 400 g/mol. The second-order valence-corrected chi connectivity index (χ2v) is 7.56. The summed E-state index contributed by atoms with van der Waals surface area (Å²) >= 11 is 0. The molecule has 4 heteroatoms. The van der Waals surface area contributed by atoms with Crippen molar-refractivity contribution in [3.63, 3.8) is 0 Å². The second kappa shape index (κ2) is 13.4. The number of rotatable bonds is 14. The van der Waals surface area contributed by atoms with E-state index in [0.717, 1.165) is 23.0 Å². The largest absolute Gasteiger partial charge is 0.376 e. The van der Waals surface area contributed by atoms with Crippen molar-refractivity contribution >= 4 is 6.29 Å². The van der Waals surface area contributed by atoms with Gasteiger partial charge >= 0.3 is 0 Å². The van der Waals surface area contributed by atoms with Crippen LogP contribution in [0.4, 0.5) is 0 Å². The Morgan fingerprint density at radius 3 is 1.62 bits per heavy atom. The highest BCUT2D eigenvalue weighted by Gasteiger charge is 2.30. The molecule has 0 bridgehead atoms. The lowest BCUT2D eigenvalue weighted by molar-refractivity contribution is -0.132. The van der Waals surface area contributed by atoms with E-state index in [1.807, 2.05) is 91.0 Å². The van der Waals surface area contributed by atoms with Crippen LogP contribution in [0.1, 0.15) is 16.7 Å². The maximum absolute atomic E-state index is 12.0. The van der Waals surface area contributed by atoms with Crippen LogP contribution in [0.15, 0.2) is 104 Å². The van der Waals surface area contributed by atoms with Crippen molar-refractivity contribution in [2.24, 2.45) is 5.92 Å². The Kier molecular flexibility index (Phi) is 9.87. The van der Waals surface area contributed by atoms with Crippen molar-refractivity contribution in [2.75, 3.05) is 6.61 Å². The van der Waals surface area contributed by atoms with Crippen molar-refractivity contribution in [2.45, 2.75) is 32.0 Å². The first kappa shape index (κ1) is 23.6. The molecule has 32 heavy (non-hydrogen) atoms. The maximum atomic E-state index is 12.0. The van der Waals surface area contributed by atoms with Crippen LogP contribution in [0.25, 0.3) is 0 Å². The standard InChI is InChI=1S/C28H30O4/c1-2-27(31-20-24-14-8-4-9-15-24)28(32-21-25-16-10-5-11-17-25)26(18-29)22-30-19-23-12-6-3-7-13-23/h2-18,26-28H,1,19-22H2/t26-,27-,28-/m1/s1. The summed E-state index contributed by atoms with van der Waals surface area (Å²) in [4.78, 5) is 12.0. The average Bonchev–Trinajstić information content (AvgIpc) is 2.86. The molecule has 0 fully saturated rings. The third-order valence-corrected chi connectivity index (χ3v) is 5.15. The third-order valence-electron chi connectivity index (χ3n) is 5.15. The van der Waals surface area contributed by atoms with Crippen LogP contribution in [-0.4, -0.2) is 25.1 Å². The summed E-state index contributed by atoms with van der Waals surface area (Å²) in [6.45, 7) is 5.37. The Morgan fingerprint density at radius 1 is 0.688 bits per heavy atom. The first-order valence-corrected chi connectivity index (χ1v) is 10.8. The number of benzene rings is 3. The van der Waals surface area contributed by atoms with Crippen molar-refractivity contribution in [3.8, 4) is 0 Å². The summed E-state index contributed by atoms with van der Waals surface area (Å²) in [7, 11) is 0. The van der Waals surface area contributed by atoms with E-state index in [1.165, 1.54) is 0 Å². The van der Waals surface area contributed by atoms with Crippen LogP contribution < -0.4 is 0 Å². The quantitative estimate of drug-likeness (QED) is 0.255. The molecule has 0 radical (unpaired) electrons. The molecule has 0 spiro atoms. The van der Waals surface area contributed by atoms with Crippen LogP contribution in [0, 0.1) is 5.92 Å². The fraction of sp³-hybridized carbons (Fsp3) is 0.250. The number of hydrogen-bond donors (Lipinski definition) is 0. The molecule has 0 N–H and O–H groups in total. The maximum Gasteiger partial charge on any atom is 0.128 e. The van der Waals surface area contributed by atoms with E-state index >= 15 is 0 Å². The molecule has 0 aromatic heterocycles. The summed E-state index contributed by atoms with van der Waals surface area (Å²) in [6.07, 6.45) is 1.61. The highest BCUT2D eigenvalue weighted by Crippen LogP contribution is 2.20. The molecule has 0 heterocycles. The van der Waals surface area contributed by atoms with E-state index in [1.54, 1.807) is 6.08 Å². The van der Waals surface area contributed by atoms with Crippen molar-refractivity contribution in [1.29, 1.82) is 0 Å². The van der Waals surface area contributed by atoms with Gasteiger partial charge in [0.25, 0.3) is 0 Å². The van der Waals surface area contributed by atoms with Crippen molar-refractivity contribution < 1.29 is 19.0 Å². The van der Waals surface area contributed by atoms with E-state index in [-0.39, 0.29) is 6.61 Å². The monoisotopic (exact) mass is 430 g/mol. The highest BCUT2D eigenvalue weighted by molar-refractivity contribution is 5.55. The molecule has 3 atom stereocenters. The van der Waals surface area contributed by atoms with Gasteiger partial charge < -0.3 is 19.0 Å². The number of ether oxygens (including phenoxy) is 3. The fourth-order valence-electron chi connectivity index (χ4n) is 3.39. The van der Waals surface area contributed by atoms with Gasteiger partial charge in [-0.15, -0.1) is 6.58 Å². The number of hydrogen-bond acceptors (Lipinski definition) is 4. The first-order chi connectivity index (χ1) is 15.8. The van der Waals surface area contributed by atoms with E-state index < -0.39 is 18.1 Å². The van der Waals surface area contributed by atoms with Gasteiger partial charge in [0.2, 0.25) is 0 Å². The smallest absolute Gasteiger partial charge is 0.128 e. The molecule has 0 unspecified atom stereocenters. The Hall–Kier alpha value is -3.05. The molecule has 0 aliphatic heterocycles. The summed E-state index contributed by atoms with van der Waals surface area (Å²) in [5.74, 6) is -0.499. The summed E-state index contributed by atoms with van der Waals surface area (Å²) in [5, 5.41) is 0. The zero-order chi connectivity index (χ0) is 22.4. The van der Waals surface area contributed by atoms with Crippen molar-refractivity contribution in [3.05, 3.63) is 120 Å². The minimum Gasteiger partial charge on any atom is -0.376 e. The van der Waals surface area contributed by atoms with E-state index in [4.69, 9.17) is 14.2 Å². The lowest BCUT2D eigenvalue weighted by Gasteiger charge is -2.29. The lowest BCUT2D eigenvalue weighted by Crippen LogP contribution is -2.39. The van der Waals surface area contributed by atoms with Gasteiger partial charge in [0.1, 0.15) is 12.4 Å².